The number of rotatable bonds is 3. The first-order valence-corrected chi connectivity index (χ1v) is 4.92. The molecule has 1 rings (SSSR count). The topological polar surface area (TPSA) is 50.8 Å². The lowest BCUT2D eigenvalue weighted by atomic mass is 10.1. The monoisotopic (exact) mass is 211 g/mol. The van der Waals surface area contributed by atoms with Gasteiger partial charge in [-0.05, 0) is 17.7 Å². The molecule has 0 radical (unpaired) electrons. The summed E-state index contributed by atoms with van der Waals surface area (Å²) in [6.45, 7) is 0. The molecule has 0 heterocycles. The van der Waals surface area contributed by atoms with Crippen LogP contribution in [0.25, 0.3) is 6.08 Å². The Bertz CT molecular complexity index is 430. The minimum absolute atomic E-state index is 0.673. The maximum atomic E-state index is 8.59. The third-order valence-corrected chi connectivity index (χ3v) is 2.17. The molecule has 1 aromatic rings. The molecule has 0 bridgehead atoms. The normalized spacial score (nSPS) is 10.1. The lowest BCUT2D eigenvalue weighted by molar-refractivity contribution is 1.10. The van der Waals surface area contributed by atoms with Crippen molar-refractivity contribution in [1.82, 2.24) is 0 Å². The van der Waals surface area contributed by atoms with E-state index in [2.05, 4.69) is 0 Å². The molecule has 0 aliphatic carbocycles. The molecule has 0 aliphatic heterocycles. The molecule has 0 unspecified atom stereocenters. The Hall–Kier alpha value is -2.26. The second kappa shape index (κ2) is 5.58. The van der Waals surface area contributed by atoms with Crippen molar-refractivity contribution in [3.63, 3.8) is 0 Å². The highest BCUT2D eigenvalue weighted by Gasteiger charge is 1.98. The van der Waals surface area contributed by atoms with Crippen molar-refractivity contribution in [3.05, 3.63) is 35.9 Å². The predicted octanol–water partition coefficient (Wildman–Crippen LogP) is 2.43. The van der Waals surface area contributed by atoms with Gasteiger partial charge in [0.1, 0.15) is 0 Å². The summed E-state index contributed by atoms with van der Waals surface area (Å²) in [4.78, 5) is 2.01. The van der Waals surface area contributed by atoms with Crippen LogP contribution in [0.5, 0.6) is 0 Å². The molecule has 0 saturated heterocycles. The standard InChI is InChI=1S/C13H13N3/c1-16(2)13-7-5-11(6-8-13)3-4-12(9-14)10-15/h3-8,12H,1-2H3. The number of allylic oxidation sites excluding steroid dienone is 1. The van der Waals surface area contributed by atoms with Crippen molar-refractivity contribution in [3.8, 4) is 12.1 Å². The van der Waals surface area contributed by atoms with Gasteiger partial charge in [-0.15, -0.1) is 0 Å². The van der Waals surface area contributed by atoms with E-state index in [9.17, 15) is 0 Å². The Labute approximate surface area is 95.8 Å². The highest BCUT2D eigenvalue weighted by atomic mass is 15.1. The average molecular weight is 211 g/mol. The quantitative estimate of drug-likeness (QED) is 0.771. The molecule has 0 saturated carbocycles. The molecule has 16 heavy (non-hydrogen) atoms. The number of nitriles is 2. The highest BCUT2D eigenvalue weighted by Crippen LogP contribution is 2.13. The van der Waals surface area contributed by atoms with Gasteiger partial charge in [-0.2, -0.15) is 10.5 Å². The van der Waals surface area contributed by atoms with Gasteiger partial charge in [-0.25, -0.2) is 0 Å². The first-order valence-electron chi connectivity index (χ1n) is 4.92. The fourth-order valence-electron chi connectivity index (χ4n) is 1.21. The van der Waals surface area contributed by atoms with E-state index in [0.717, 1.165) is 11.3 Å². The van der Waals surface area contributed by atoms with Gasteiger partial charge >= 0.3 is 0 Å². The molecular weight excluding hydrogens is 198 g/mol. The molecule has 0 atom stereocenters. The van der Waals surface area contributed by atoms with Gasteiger partial charge in [-0.3, -0.25) is 0 Å². The molecule has 3 heteroatoms. The summed E-state index contributed by atoms with van der Waals surface area (Å²) in [6, 6.07) is 11.7. The van der Waals surface area contributed by atoms with Crippen molar-refractivity contribution in [2.75, 3.05) is 19.0 Å². The zero-order chi connectivity index (χ0) is 12.0. The van der Waals surface area contributed by atoms with Crippen molar-refractivity contribution in [1.29, 1.82) is 10.5 Å². The highest BCUT2D eigenvalue weighted by molar-refractivity contribution is 5.56. The van der Waals surface area contributed by atoms with E-state index in [1.165, 1.54) is 0 Å². The molecule has 0 aromatic heterocycles. The van der Waals surface area contributed by atoms with Crippen LogP contribution in [0.3, 0.4) is 0 Å². The molecule has 0 spiro atoms. The van der Waals surface area contributed by atoms with Crippen molar-refractivity contribution < 1.29 is 0 Å². The summed E-state index contributed by atoms with van der Waals surface area (Å²) >= 11 is 0. The van der Waals surface area contributed by atoms with Crippen LogP contribution in [0.1, 0.15) is 5.56 Å². The van der Waals surface area contributed by atoms with Crippen LogP contribution in [0.15, 0.2) is 30.3 Å². The molecule has 0 amide bonds. The van der Waals surface area contributed by atoms with E-state index >= 15 is 0 Å². The first kappa shape index (κ1) is 11.8. The Morgan fingerprint density at radius 1 is 1.12 bits per heavy atom. The second-order valence-electron chi connectivity index (χ2n) is 3.58. The molecule has 0 fully saturated rings. The Balaban J connectivity index is 2.77. The van der Waals surface area contributed by atoms with Crippen LogP contribution in [-0.2, 0) is 0 Å². The Morgan fingerprint density at radius 3 is 2.12 bits per heavy atom. The zero-order valence-corrected chi connectivity index (χ0v) is 9.38. The predicted molar refractivity (Wildman–Crippen MR) is 64.5 cm³/mol. The van der Waals surface area contributed by atoms with Gasteiger partial charge in [0.25, 0.3) is 0 Å². The lowest BCUT2D eigenvalue weighted by Crippen LogP contribution is -2.07. The van der Waals surface area contributed by atoms with E-state index in [-0.39, 0.29) is 0 Å². The fraction of sp³-hybridized carbons (Fsp3) is 0.231. The van der Waals surface area contributed by atoms with Gasteiger partial charge in [0.2, 0.25) is 0 Å². The SMILES string of the molecule is CN(C)c1ccc(C=CC(C#N)C#N)cc1. The third kappa shape index (κ3) is 3.15. The number of nitrogens with zero attached hydrogens (tertiary/aromatic N) is 3. The molecular formula is C13H13N3. The van der Waals surface area contributed by atoms with Gasteiger partial charge < -0.3 is 4.90 Å². The van der Waals surface area contributed by atoms with Crippen LogP contribution in [0.2, 0.25) is 0 Å². The van der Waals surface area contributed by atoms with Crippen LogP contribution in [-0.4, -0.2) is 14.1 Å². The lowest BCUT2D eigenvalue weighted by Gasteiger charge is -2.11. The summed E-state index contributed by atoms with van der Waals surface area (Å²) in [6.07, 6.45) is 3.39. The molecule has 1 aromatic carbocycles. The van der Waals surface area contributed by atoms with E-state index in [0.29, 0.717) is 0 Å². The van der Waals surface area contributed by atoms with Gasteiger partial charge in [0, 0.05) is 19.8 Å². The van der Waals surface area contributed by atoms with Crippen molar-refractivity contribution >= 4 is 11.8 Å². The third-order valence-electron chi connectivity index (χ3n) is 2.17. The fourth-order valence-corrected chi connectivity index (χ4v) is 1.21. The smallest absolute Gasteiger partial charge is 0.151 e. The van der Waals surface area contributed by atoms with E-state index < -0.39 is 5.92 Å². The number of hydrogen-bond donors (Lipinski definition) is 0. The summed E-state index contributed by atoms with van der Waals surface area (Å²) in [5.41, 5.74) is 2.11. The number of hydrogen-bond acceptors (Lipinski definition) is 3. The molecule has 0 N–H and O–H groups in total. The van der Waals surface area contributed by atoms with Crippen LogP contribution < -0.4 is 4.90 Å². The van der Waals surface area contributed by atoms with Gasteiger partial charge in [0.05, 0.1) is 12.1 Å². The van der Waals surface area contributed by atoms with Gasteiger partial charge in [0.15, 0.2) is 5.92 Å². The maximum absolute atomic E-state index is 8.59. The van der Waals surface area contributed by atoms with Crippen molar-refractivity contribution in [2.24, 2.45) is 5.92 Å². The first-order chi connectivity index (χ1) is 7.67. The van der Waals surface area contributed by atoms with E-state index in [1.54, 1.807) is 12.2 Å². The Morgan fingerprint density at radius 2 is 1.69 bits per heavy atom. The van der Waals surface area contributed by atoms with Gasteiger partial charge in [-0.1, -0.05) is 24.3 Å². The maximum Gasteiger partial charge on any atom is 0.151 e. The number of anilines is 1. The Kier molecular flexibility index (Phi) is 4.12. The van der Waals surface area contributed by atoms with Crippen molar-refractivity contribution in [2.45, 2.75) is 0 Å². The van der Waals surface area contributed by atoms with E-state index in [4.69, 9.17) is 10.5 Å². The average Bonchev–Trinajstić information content (AvgIpc) is 2.31. The minimum Gasteiger partial charge on any atom is -0.378 e. The summed E-state index contributed by atoms with van der Waals surface area (Å²) in [7, 11) is 3.96. The van der Waals surface area contributed by atoms with Crippen LogP contribution in [0.4, 0.5) is 5.69 Å². The molecule has 0 aliphatic rings. The van der Waals surface area contributed by atoms with E-state index in [1.807, 2.05) is 55.4 Å². The molecule has 3 nitrogen and oxygen atoms in total. The summed E-state index contributed by atoms with van der Waals surface area (Å²) < 4.78 is 0. The largest absolute Gasteiger partial charge is 0.378 e. The molecule has 80 valence electrons. The number of benzene rings is 1. The van der Waals surface area contributed by atoms with Crippen LogP contribution >= 0.6 is 0 Å². The summed E-state index contributed by atoms with van der Waals surface area (Å²) in [5.74, 6) is -0.673. The van der Waals surface area contributed by atoms with Crippen LogP contribution in [0, 0.1) is 28.6 Å². The second-order valence-corrected chi connectivity index (χ2v) is 3.58. The summed E-state index contributed by atoms with van der Waals surface area (Å²) in [5, 5.41) is 17.2. The minimum atomic E-state index is -0.673. The zero-order valence-electron chi connectivity index (χ0n) is 9.38.